The SMILES string of the molecule is Cc1ccc(NC(N)=NCCNc2ncccc2C(F)(F)F)cc1C.I. The van der Waals surface area contributed by atoms with E-state index >= 15 is 0 Å². The van der Waals surface area contributed by atoms with Gasteiger partial charge in [0.25, 0.3) is 0 Å². The van der Waals surface area contributed by atoms with Gasteiger partial charge in [0.1, 0.15) is 5.82 Å². The van der Waals surface area contributed by atoms with Crippen molar-refractivity contribution in [1.82, 2.24) is 4.98 Å². The molecule has 142 valence electrons. The summed E-state index contributed by atoms with van der Waals surface area (Å²) >= 11 is 0. The van der Waals surface area contributed by atoms with Gasteiger partial charge in [0, 0.05) is 18.4 Å². The second kappa shape index (κ2) is 9.60. The standard InChI is InChI=1S/C17H20F3N5.HI/c1-11-5-6-13(10-12(11)2)25-16(21)24-9-8-23-15-14(17(18,19)20)4-3-7-22-15;/h3-7,10H,8-9H2,1-2H3,(H,22,23)(H3,21,24,25);1H. The third-order valence-electron chi connectivity index (χ3n) is 3.58. The van der Waals surface area contributed by atoms with Crippen LogP contribution in [-0.2, 0) is 6.18 Å². The zero-order valence-electron chi connectivity index (χ0n) is 14.4. The molecule has 5 nitrogen and oxygen atoms in total. The monoisotopic (exact) mass is 479 g/mol. The summed E-state index contributed by atoms with van der Waals surface area (Å²) in [5.74, 6) is -0.0204. The fourth-order valence-electron chi connectivity index (χ4n) is 2.13. The maximum atomic E-state index is 12.9. The van der Waals surface area contributed by atoms with Crippen molar-refractivity contribution in [2.24, 2.45) is 10.7 Å². The van der Waals surface area contributed by atoms with Gasteiger partial charge in [-0.3, -0.25) is 4.99 Å². The Morgan fingerprint density at radius 3 is 2.58 bits per heavy atom. The van der Waals surface area contributed by atoms with Crippen molar-refractivity contribution in [3.63, 3.8) is 0 Å². The number of nitrogens with one attached hydrogen (secondary N) is 2. The Bertz CT molecular complexity index is 762. The Balaban J connectivity index is 0.00000338. The third kappa shape index (κ3) is 6.36. The van der Waals surface area contributed by atoms with Gasteiger partial charge in [-0.15, -0.1) is 24.0 Å². The molecule has 0 amide bonds. The van der Waals surface area contributed by atoms with Crippen LogP contribution in [0.3, 0.4) is 0 Å². The maximum absolute atomic E-state index is 12.9. The van der Waals surface area contributed by atoms with E-state index in [1.165, 1.54) is 17.8 Å². The van der Waals surface area contributed by atoms with Crippen LogP contribution >= 0.6 is 24.0 Å². The molecule has 0 saturated heterocycles. The first-order valence-electron chi connectivity index (χ1n) is 7.67. The van der Waals surface area contributed by atoms with Gasteiger partial charge in [0.05, 0.1) is 12.1 Å². The number of pyridine rings is 1. The highest BCUT2D eigenvalue weighted by Gasteiger charge is 2.33. The average molecular weight is 479 g/mol. The largest absolute Gasteiger partial charge is 0.419 e. The third-order valence-corrected chi connectivity index (χ3v) is 3.58. The number of halogens is 4. The quantitative estimate of drug-likeness (QED) is 0.261. The Kier molecular flexibility index (Phi) is 8.12. The number of nitrogens with zero attached hydrogens (tertiary/aromatic N) is 2. The van der Waals surface area contributed by atoms with E-state index < -0.39 is 11.7 Å². The van der Waals surface area contributed by atoms with Crippen molar-refractivity contribution in [2.45, 2.75) is 20.0 Å². The summed E-state index contributed by atoms with van der Waals surface area (Å²) in [6.07, 6.45) is -3.15. The van der Waals surface area contributed by atoms with Crippen molar-refractivity contribution in [1.29, 1.82) is 0 Å². The van der Waals surface area contributed by atoms with Crippen LogP contribution in [0, 0.1) is 13.8 Å². The average Bonchev–Trinajstić information content (AvgIpc) is 2.54. The second-order valence-electron chi connectivity index (χ2n) is 5.52. The molecule has 0 aliphatic heterocycles. The first-order valence-corrected chi connectivity index (χ1v) is 7.67. The number of aromatic nitrogens is 1. The Labute approximate surface area is 167 Å². The molecule has 26 heavy (non-hydrogen) atoms. The van der Waals surface area contributed by atoms with Gasteiger partial charge in [0.15, 0.2) is 5.96 Å². The summed E-state index contributed by atoms with van der Waals surface area (Å²) < 4.78 is 38.6. The molecule has 0 aliphatic rings. The Morgan fingerprint density at radius 2 is 1.92 bits per heavy atom. The van der Waals surface area contributed by atoms with Crippen LogP contribution in [-0.4, -0.2) is 24.0 Å². The Morgan fingerprint density at radius 1 is 1.19 bits per heavy atom. The summed E-state index contributed by atoms with van der Waals surface area (Å²) in [5.41, 5.74) is 8.08. The van der Waals surface area contributed by atoms with Gasteiger partial charge >= 0.3 is 6.18 Å². The first-order chi connectivity index (χ1) is 11.8. The maximum Gasteiger partial charge on any atom is 0.419 e. The number of aliphatic imine (C=N–C) groups is 1. The summed E-state index contributed by atoms with van der Waals surface area (Å²) in [6.45, 7) is 4.38. The number of alkyl halides is 3. The van der Waals surface area contributed by atoms with Crippen molar-refractivity contribution >= 4 is 41.4 Å². The van der Waals surface area contributed by atoms with Crippen molar-refractivity contribution in [3.05, 3.63) is 53.2 Å². The number of nitrogens with two attached hydrogens (primary N) is 1. The minimum Gasteiger partial charge on any atom is -0.370 e. The van der Waals surface area contributed by atoms with Crippen molar-refractivity contribution in [2.75, 3.05) is 23.7 Å². The summed E-state index contributed by atoms with van der Waals surface area (Å²) in [7, 11) is 0. The molecule has 0 saturated carbocycles. The second-order valence-corrected chi connectivity index (χ2v) is 5.52. The van der Waals surface area contributed by atoms with Crippen LogP contribution in [0.1, 0.15) is 16.7 Å². The summed E-state index contributed by atoms with van der Waals surface area (Å²) in [4.78, 5) is 7.81. The number of guanidine groups is 1. The molecule has 0 fully saturated rings. The minimum atomic E-state index is -4.45. The zero-order chi connectivity index (χ0) is 18.4. The first kappa shape index (κ1) is 22.0. The van der Waals surface area contributed by atoms with Gasteiger partial charge in [-0.1, -0.05) is 6.07 Å². The molecule has 0 spiro atoms. The number of hydrogen-bond acceptors (Lipinski definition) is 3. The van der Waals surface area contributed by atoms with Gasteiger partial charge in [0.2, 0.25) is 0 Å². The molecule has 1 aromatic carbocycles. The fourth-order valence-corrected chi connectivity index (χ4v) is 2.13. The zero-order valence-corrected chi connectivity index (χ0v) is 16.7. The normalized spacial score (nSPS) is 11.7. The lowest BCUT2D eigenvalue weighted by atomic mass is 10.1. The van der Waals surface area contributed by atoms with E-state index in [-0.39, 0.29) is 48.8 Å². The van der Waals surface area contributed by atoms with Crippen molar-refractivity contribution < 1.29 is 13.2 Å². The molecule has 0 aliphatic carbocycles. The summed E-state index contributed by atoms with van der Waals surface area (Å²) in [5, 5.41) is 5.58. The van der Waals surface area contributed by atoms with E-state index in [1.807, 2.05) is 32.0 Å². The van der Waals surface area contributed by atoms with Gasteiger partial charge in [-0.2, -0.15) is 13.2 Å². The predicted octanol–water partition coefficient (Wildman–Crippen LogP) is 4.17. The predicted molar refractivity (Wildman–Crippen MR) is 109 cm³/mol. The number of benzene rings is 1. The number of aryl methyl sites for hydroxylation is 2. The lowest BCUT2D eigenvalue weighted by Crippen LogP contribution is -2.24. The number of hydrogen-bond donors (Lipinski definition) is 3. The molecule has 0 bridgehead atoms. The summed E-state index contributed by atoms with van der Waals surface area (Å²) in [6, 6.07) is 8.02. The molecule has 1 heterocycles. The van der Waals surface area contributed by atoms with Gasteiger partial charge in [-0.05, 0) is 49.2 Å². The molecule has 1 aromatic heterocycles. The molecule has 0 atom stereocenters. The molecule has 0 unspecified atom stereocenters. The molecule has 2 rings (SSSR count). The van der Waals surface area contributed by atoms with Crippen LogP contribution in [0.5, 0.6) is 0 Å². The lowest BCUT2D eigenvalue weighted by molar-refractivity contribution is -0.137. The van der Waals surface area contributed by atoms with Crippen LogP contribution in [0.15, 0.2) is 41.5 Å². The van der Waals surface area contributed by atoms with Gasteiger partial charge in [-0.25, -0.2) is 4.98 Å². The highest BCUT2D eigenvalue weighted by Crippen LogP contribution is 2.33. The lowest BCUT2D eigenvalue weighted by Gasteiger charge is -2.12. The molecule has 4 N–H and O–H groups in total. The van der Waals surface area contributed by atoms with E-state index in [0.717, 1.165) is 17.3 Å². The molecular formula is C17H21F3IN5. The minimum absolute atomic E-state index is 0. The molecular weight excluding hydrogens is 458 g/mol. The van der Waals surface area contributed by atoms with Crippen LogP contribution in [0.4, 0.5) is 24.7 Å². The van der Waals surface area contributed by atoms with E-state index in [2.05, 4.69) is 20.6 Å². The van der Waals surface area contributed by atoms with E-state index in [4.69, 9.17) is 5.73 Å². The van der Waals surface area contributed by atoms with E-state index in [9.17, 15) is 13.2 Å². The van der Waals surface area contributed by atoms with E-state index in [1.54, 1.807) is 0 Å². The Hall–Kier alpha value is -2.04. The van der Waals surface area contributed by atoms with Crippen molar-refractivity contribution in [3.8, 4) is 0 Å². The smallest absolute Gasteiger partial charge is 0.370 e. The van der Waals surface area contributed by atoms with Gasteiger partial charge < -0.3 is 16.4 Å². The highest BCUT2D eigenvalue weighted by molar-refractivity contribution is 14.0. The number of anilines is 2. The van der Waals surface area contributed by atoms with E-state index in [0.29, 0.717) is 0 Å². The van der Waals surface area contributed by atoms with Crippen LogP contribution < -0.4 is 16.4 Å². The fraction of sp³-hybridized carbons (Fsp3) is 0.294. The molecule has 0 radical (unpaired) electrons. The highest BCUT2D eigenvalue weighted by atomic mass is 127. The molecule has 2 aromatic rings. The molecule has 9 heteroatoms. The number of rotatable bonds is 5. The van der Waals surface area contributed by atoms with Crippen LogP contribution in [0.2, 0.25) is 0 Å². The van der Waals surface area contributed by atoms with Crippen LogP contribution in [0.25, 0.3) is 0 Å². The topological polar surface area (TPSA) is 75.3 Å².